The maximum absolute atomic E-state index is 11.9. The van der Waals surface area contributed by atoms with Crippen LogP contribution in [0.4, 0.5) is 11.4 Å². The Hall–Kier alpha value is -1.73. The van der Waals surface area contributed by atoms with E-state index in [1.807, 2.05) is 12.1 Å². The van der Waals surface area contributed by atoms with Crippen LogP contribution < -0.4 is 9.80 Å². The third kappa shape index (κ3) is 2.34. The van der Waals surface area contributed by atoms with Gasteiger partial charge in [-0.1, -0.05) is 0 Å². The topological polar surface area (TPSA) is 47.3 Å². The van der Waals surface area contributed by atoms with Crippen LogP contribution in [0, 0.1) is 11.3 Å². The summed E-state index contributed by atoms with van der Waals surface area (Å²) >= 11 is 6.02. The van der Waals surface area contributed by atoms with E-state index >= 15 is 0 Å². The van der Waals surface area contributed by atoms with Gasteiger partial charge in [-0.3, -0.25) is 4.79 Å². The number of amides is 1. The highest BCUT2D eigenvalue weighted by atomic mass is 35.5. The molecule has 4 nitrogen and oxygen atoms in total. The van der Waals surface area contributed by atoms with E-state index in [1.54, 1.807) is 11.0 Å². The van der Waals surface area contributed by atoms with Crippen LogP contribution in [0.3, 0.4) is 0 Å². The highest BCUT2D eigenvalue weighted by molar-refractivity contribution is 6.24. The minimum absolute atomic E-state index is 0.0304. The molecule has 2 heterocycles. The first-order valence-electron chi connectivity index (χ1n) is 6.92. The van der Waals surface area contributed by atoms with Gasteiger partial charge in [0, 0.05) is 31.7 Å². The second-order valence-corrected chi connectivity index (χ2v) is 5.93. The number of benzene rings is 1. The SMILES string of the molecule is N#Cc1cc(N2CC(Cl)CC2=O)ccc1N1CCCC1. The minimum atomic E-state index is -0.133. The molecule has 2 aliphatic rings. The van der Waals surface area contributed by atoms with Gasteiger partial charge in [0.15, 0.2) is 0 Å². The van der Waals surface area contributed by atoms with E-state index in [4.69, 9.17) is 11.6 Å². The van der Waals surface area contributed by atoms with E-state index in [0.29, 0.717) is 18.5 Å². The fourth-order valence-corrected chi connectivity index (χ4v) is 3.20. The predicted octanol–water partition coefficient (Wildman–Crippen LogP) is 2.50. The lowest BCUT2D eigenvalue weighted by Gasteiger charge is -2.22. The Labute approximate surface area is 123 Å². The van der Waals surface area contributed by atoms with Gasteiger partial charge in [0.2, 0.25) is 5.91 Å². The molecule has 0 saturated carbocycles. The standard InChI is InChI=1S/C15H16ClN3O/c16-12-8-15(20)19(10-12)13-3-4-14(11(7-13)9-17)18-5-1-2-6-18/h3-4,7,12H,1-2,5-6,8,10H2. The van der Waals surface area contributed by atoms with Crippen LogP contribution in [0.15, 0.2) is 18.2 Å². The molecule has 5 heteroatoms. The summed E-state index contributed by atoms with van der Waals surface area (Å²) in [6.45, 7) is 2.52. The van der Waals surface area contributed by atoms with Crippen LogP contribution >= 0.6 is 11.6 Å². The normalized spacial score (nSPS) is 22.4. The molecule has 2 aliphatic heterocycles. The number of hydrogen-bond donors (Lipinski definition) is 0. The van der Waals surface area contributed by atoms with Crippen LogP contribution in [-0.4, -0.2) is 30.9 Å². The van der Waals surface area contributed by atoms with Crippen molar-refractivity contribution >= 4 is 28.9 Å². The van der Waals surface area contributed by atoms with Crippen LogP contribution in [0.1, 0.15) is 24.8 Å². The van der Waals surface area contributed by atoms with Gasteiger partial charge in [-0.25, -0.2) is 0 Å². The molecule has 0 radical (unpaired) electrons. The summed E-state index contributed by atoms with van der Waals surface area (Å²) in [5.41, 5.74) is 2.38. The highest BCUT2D eigenvalue weighted by Gasteiger charge is 2.29. The van der Waals surface area contributed by atoms with Gasteiger partial charge < -0.3 is 9.80 Å². The van der Waals surface area contributed by atoms with E-state index in [1.165, 1.54) is 12.8 Å². The Morgan fingerprint density at radius 3 is 2.65 bits per heavy atom. The number of carbonyl (C=O) groups is 1. The second kappa shape index (κ2) is 5.34. The van der Waals surface area contributed by atoms with E-state index in [9.17, 15) is 10.1 Å². The van der Waals surface area contributed by atoms with Crippen LogP contribution in [0.25, 0.3) is 0 Å². The number of nitrogens with zero attached hydrogens (tertiary/aromatic N) is 3. The molecule has 3 rings (SSSR count). The molecule has 1 atom stereocenters. The van der Waals surface area contributed by atoms with Gasteiger partial charge in [0.1, 0.15) is 6.07 Å². The molecule has 2 fully saturated rings. The Bertz CT molecular complexity index is 575. The average molecular weight is 290 g/mol. The smallest absolute Gasteiger partial charge is 0.228 e. The van der Waals surface area contributed by atoms with Crippen molar-refractivity contribution in [1.29, 1.82) is 5.26 Å². The number of anilines is 2. The Balaban J connectivity index is 1.91. The number of alkyl halides is 1. The molecule has 0 bridgehead atoms. The van der Waals surface area contributed by atoms with Crippen molar-refractivity contribution in [3.05, 3.63) is 23.8 Å². The first-order valence-corrected chi connectivity index (χ1v) is 7.36. The first kappa shape index (κ1) is 13.3. The maximum Gasteiger partial charge on any atom is 0.228 e. The number of hydrogen-bond acceptors (Lipinski definition) is 3. The molecular formula is C15H16ClN3O. The molecule has 1 unspecified atom stereocenters. The second-order valence-electron chi connectivity index (χ2n) is 5.31. The molecule has 2 saturated heterocycles. The zero-order chi connectivity index (χ0) is 14.1. The van der Waals surface area contributed by atoms with Crippen molar-refractivity contribution in [3.8, 4) is 6.07 Å². The Morgan fingerprint density at radius 1 is 1.30 bits per heavy atom. The van der Waals surface area contributed by atoms with Gasteiger partial charge in [-0.15, -0.1) is 11.6 Å². The molecule has 0 N–H and O–H groups in total. The number of nitriles is 1. The number of halogens is 1. The lowest BCUT2D eigenvalue weighted by Crippen LogP contribution is -2.25. The van der Waals surface area contributed by atoms with Crippen molar-refractivity contribution in [2.75, 3.05) is 29.4 Å². The van der Waals surface area contributed by atoms with E-state index in [2.05, 4.69) is 11.0 Å². The predicted molar refractivity (Wildman–Crippen MR) is 79.2 cm³/mol. The van der Waals surface area contributed by atoms with Crippen molar-refractivity contribution in [2.45, 2.75) is 24.6 Å². The van der Waals surface area contributed by atoms with Crippen LogP contribution in [-0.2, 0) is 4.79 Å². The molecular weight excluding hydrogens is 274 g/mol. The van der Waals surface area contributed by atoms with Gasteiger partial charge >= 0.3 is 0 Å². The minimum Gasteiger partial charge on any atom is -0.370 e. The summed E-state index contributed by atoms with van der Waals surface area (Å²) in [7, 11) is 0. The summed E-state index contributed by atoms with van der Waals surface area (Å²) in [5.74, 6) is 0.0304. The van der Waals surface area contributed by atoms with E-state index in [-0.39, 0.29) is 11.3 Å². The molecule has 0 aliphatic carbocycles. The van der Waals surface area contributed by atoms with Gasteiger partial charge in [0.25, 0.3) is 0 Å². The monoisotopic (exact) mass is 289 g/mol. The quantitative estimate of drug-likeness (QED) is 0.786. The summed E-state index contributed by atoms with van der Waals surface area (Å²) in [6.07, 6.45) is 2.72. The summed E-state index contributed by atoms with van der Waals surface area (Å²) in [5, 5.41) is 9.22. The van der Waals surface area contributed by atoms with Crippen molar-refractivity contribution in [1.82, 2.24) is 0 Å². The van der Waals surface area contributed by atoms with Crippen LogP contribution in [0.2, 0.25) is 0 Å². The summed E-state index contributed by atoms with van der Waals surface area (Å²) in [4.78, 5) is 15.8. The fraction of sp³-hybridized carbons (Fsp3) is 0.467. The van der Waals surface area contributed by atoms with E-state index in [0.717, 1.165) is 24.5 Å². The van der Waals surface area contributed by atoms with Gasteiger partial charge in [0.05, 0.1) is 16.6 Å². The largest absolute Gasteiger partial charge is 0.370 e. The molecule has 0 spiro atoms. The van der Waals surface area contributed by atoms with Crippen molar-refractivity contribution in [2.24, 2.45) is 0 Å². The third-order valence-electron chi connectivity index (χ3n) is 3.94. The summed E-state index contributed by atoms with van der Waals surface area (Å²) in [6, 6.07) is 7.93. The van der Waals surface area contributed by atoms with Crippen molar-refractivity contribution < 1.29 is 4.79 Å². The lowest BCUT2D eigenvalue weighted by molar-refractivity contribution is -0.117. The first-order chi connectivity index (χ1) is 9.69. The van der Waals surface area contributed by atoms with E-state index < -0.39 is 0 Å². The lowest BCUT2D eigenvalue weighted by atomic mass is 10.1. The fourth-order valence-electron chi connectivity index (χ4n) is 2.93. The maximum atomic E-state index is 11.9. The summed E-state index contributed by atoms with van der Waals surface area (Å²) < 4.78 is 0. The van der Waals surface area contributed by atoms with Gasteiger partial charge in [-0.05, 0) is 31.0 Å². The zero-order valence-corrected chi connectivity index (χ0v) is 11.9. The molecule has 0 aromatic heterocycles. The molecule has 1 amide bonds. The third-order valence-corrected chi connectivity index (χ3v) is 4.23. The Kier molecular flexibility index (Phi) is 3.54. The zero-order valence-electron chi connectivity index (χ0n) is 11.2. The molecule has 1 aromatic rings. The molecule has 1 aromatic carbocycles. The number of rotatable bonds is 2. The highest BCUT2D eigenvalue weighted by Crippen LogP contribution is 2.31. The molecule has 20 heavy (non-hydrogen) atoms. The number of carbonyl (C=O) groups excluding carboxylic acids is 1. The van der Waals surface area contributed by atoms with Crippen LogP contribution in [0.5, 0.6) is 0 Å². The van der Waals surface area contributed by atoms with Gasteiger partial charge in [-0.2, -0.15) is 5.26 Å². The average Bonchev–Trinajstić information content (AvgIpc) is 3.07. The molecule has 104 valence electrons. The Morgan fingerprint density at radius 2 is 2.05 bits per heavy atom. The van der Waals surface area contributed by atoms with Crippen molar-refractivity contribution in [3.63, 3.8) is 0 Å².